The summed E-state index contributed by atoms with van der Waals surface area (Å²) in [6, 6.07) is 7.75. The Labute approximate surface area is 182 Å². The first-order valence-electron chi connectivity index (χ1n) is 9.62. The number of carbonyl (C=O) groups is 1. The predicted octanol–water partition coefficient (Wildman–Crippen LogP) is 2.30. The van der Waals surface area contributed by atoms with Crippen LogP contribution in [0.15, 0.2) is 47.6 Å². The summed E-state index contributed by atoms with van der Waals surface area (Å²) in [4.78, 5) is 17.0. The van der Waals surface area contributed by atoms with Crippen molar-refractivity contribution >= 4 is 27.5 Å². The van der Waals surface area contributed by atoms with E-state index >= 15 is 0 Å². The molecule has 8 nitrogen and oxygen atoms in total. The highest BCUT2D eigenvalue weighted by Crippen LogP contribution is 2.28. The topological polar surface area (TPSA) is 103 Å². The fourth-order valence-corrected chi connectivity index (χ4v) is 4.86. The molecule has 0 spiro atoms. The molecule has 0 saturated carbocycles. The third-order valence-electron chi connectivity index (χ3n) is 5.38. The van der Waals surface area contributed by atoms with Crippen molar-refractivity contribution in [2.75, 3.05) is 7.05 Å². The van der Waals surface area contributed by atoms with Gasteiger partial charge in [-0.2, -0.15) is 4.31 Å². The third kappa shape index (κ3) is 4.50. The first kappa shape index (κ1) is 22.6. The molecule has 3 unspecified atom stereocenters. The Morgan fingerprint density at radius 3 is 2.50 bits per heavy atom. The van der Waals surface area contributed by atoms with Crippen LogP contribution < -0.4 is 16.2 Å². The molecule has 30 heavy (non-hydrogen) atoms. The maximum atomic E-state index is 12.9. The van der Waals surface area contributed by atoms with Gasteiger partial charge in [0.1, 0.15) is 0 Å². The van der Waals surface area contributed by atoms with Gasteiger partial charge < -0.3 is 5.32 Å². The van der Waals surface area contributed by atoms with Crippen molar-refractivity contribution in [2.45, 2.75) is 43.9 Å². The van der Waals surface area contributed by atoms with E-state index in [-0.39, 0.29) is 39.6 Å². The van der Waals surface area contributed by atoms with Crippen LogP contribution in [-0.4, -0.2) is 42.9 Å². The van der Waals surface area contributed by atoms with Gasteiger partial charge in [0.2, 0.25) is 10.0 Å². The number of hydrogen-bond donors (Lipinski definition) is 3. The van der Waals surface area contributed by atoms with Gasteiger partial charge in [0, 0.05) is 31.4 Å². The van der Waals surface area contributed by atoms with Crippen molar-refractivity contribution in [3.8, 4) is 0 Å². The Morgan fingerprint density at radius 1 is 1.20 bits per heavy atom. The number of amides is 1. The SMILES string of the molecule is CC1C(NC(=O)c2cc(S(=O)(=O)N(C)C(C)C)ccc2Cl)NNC1c1ccncc1. The van der Waals surface area contributed by atoms with Gasteiger partial charge in [-0.05, 0) is 49.7 Å². The van der Waals surface area contributed by atoms with Crippen molar-refractivity contribution in [3.63, 3.8) is 0 Å². The smallest absolute Gasteiger partial charge is 0.254 e. The summed E-state index contributed by atoms with van der Waals surface area (Å²) in [6.07, 6.45) is 3.07. The van der Waals surface area contributed by atoms with Crippen molar-refractivity contribution in [3.05, 3.63) is 58.9 Å². The molecule has 3 rings (SSSR count). The summed E-state index contributed by atoms with van der Waals surface area (Å²) in [5.74, 6) is -0.431. The largest absolute Gasteiger partial charge is 0.335 e. The summed E-state index contributed by atoms with van der Waals surface area (Å²) in [6.45, 7) is 5.56. The van der Waals surface area contributed by atoms with Crippen molar-refractivity contribution in [1.29, 1.82) is 0 Å². The summed E-state index contributed by atoms with van der Waals surface area (Å²) >= 11 is 6.22. The Bertz CT molecular complexity index is 1020. The van der Waals surface area contributed by atoms with E-state index in [9.17, 15) is 13.2 Å². The molecular formula is C20H26ClN5O3S. The molecule has 1 saturated heterocycles. The number of nitrogens with one attached hydrogen (secondary N) is 3. The van der Waals surface area contributed by atoms with Gasteiger partial charge in [-0.1, -0.05) is 18.5 Å². The predicted molar refractivity (Wildman–Crippen MR) is 115 cm³/mol. The Hall–Kier alpha value is -2.04. The maximum Gasteiger partial charge on any atom is 0.254 e. The molecule has 1 aliphatic heterocycles. The molecule has 162 valence electrons. The molecule has 1 aliphatic rings. The molecular weight excluding hydrogens is 426 g/mol. The number of rotatable bonds is 6. The Balaban J connectivity index is 1.79. The Kier molecular flexibility index (Phi) is 6.78. The number of sulfonamides is 1. The van der Waals surface area contributed by atoms with E-state index in [2.05, 4.69) is 21.2 Å². The van der Waals surface area contributed by atoms with Gasteiger partial charge in [-0.25, -0.2) is 19.3 Å². The molecule has 0 aliphatic carbocycles. The maximum absolute atomic E-state index is 12.9. The number of pyridine rings is 1. The molecule has 0 bridgehead atoms. The highest BCUT2D eigenvalue weighted by Gasteiger charge is 2.35. The van der Waals surface area contributed by atoms with Crippen LogP contribution in [0.2, 0.25) is 5.02 Å². The normalized spacial score (nSPS) is 21.9. The lowest BCUT2D eigenvalue weighted by molar-refractivity contribution is 0.0922. The monoisotopic (exact) mass is 451 g/mol. The number of nitrogens with zero attached hydrogens (tertiary/aromatic N) is 2. The van der Waals surface area contributed by atoms with E-state index in [0.717, 1.165) is 5.56 Å². The molecule has 3 N–H and O–H groups in total. The minimum Gasteiger partial charge on any atom is -0.335 e. The highest BCUT2D eigenvalue weighted by atomic mass is 35.5. The molecule has 2 heterocycles. The van der Waals surface area contributed by atoms with Crippen LogP contribution in [0.1, 0.15) is 42.7 Å². The summed E-state index contributed by atoms with van der Waals surface area (Å²) in [7, 11) is -2.23. The van der Waals surface area contributed by atoms with Crippen molar-refractivity contribution in [1.82, 2.24) is 25.5 Å². The van der Waals surface area contributed by atoms with Crippen LogP contribution in [0.5, 0.6) is 0 Å². The lowest BCUT2D eigenvalue weighted by Crippen LogP contribution is -2.46. The van der Waals surface area contributed by atoms with E-state index in [4.69, 9.17) is 11.6 Å². The van der Waals surface area contributed by atoms with Crippen LogP contribution in [0.3, 0.4) is 0 Å². The summed E-state index contributed by atoms with van der Waals surface area (Å²) in [5, 5.41) is 3.08. The van der Waals surface area contributed by atoms with Crippen LogP contribution in [-0.2, 0) is 10.0 Å². The van der Waals surface area contributed by atoms with E-state index in [1.54, 1.807) is 26.2 Å². The van der Waals surface area contributed by atoms with Crippen molar-refractivity contribution in [2.24, 2.45) is 5.92 Å². The minimum atomic E-state index is -3.73. The van der Waals surface area contributed by atoms with E-state index in [1.165, 1.54) is 29.6 Å². The second-order valence-corrected chi connectivity index (χ2v) is 10.0. The number of carbonyl (C=O) groups excluding carboxylic acids is 1. The number of hydrazine groups is 1. The lowest BCUT2D eigenvalue weighted by Gasteiger charge is -2.22. The fraction of sp³-hybridized carbons (Fsp3) is 0.400. The first-order chi connectivity index (χ1) is 14.1. The number of halogens is 1. The van der Waals surface area contributed by atoms with Gasteiger partial charge in [-0.15, -0.1) is 0 Å². The zero-order chi connectivity index (χ0) is 22.1. The first-order valence-corrected chi connectivity index (χ1v) is 11.4. The third-order valence-corrected chi connectivity index (χ3v) is 7.74. The average Bonchev–Trinajstić information content (AvgIpc) is 3.08. The van der Waals surface area contributed by atoms with Crippen LogP contribution >= 0.6 is 11.6 Å². The molecule has 1 aromatic carbocycles. The van der Waals surface area contributed by atoms with Gasteiger partial charge in [-0.3, -0.25) is 9.78 Å². The molecule has 1 fully saturated rings. The molecule has 3 atom stereocenters. The quantitative estimate of drug-likeness (QED) is 0.622. The second-order valence-electron chi connectivity index (χ2n) is 7.61. The van der Waals surface area contributed by atoms with Gasteiger partial charge >= 0.3 is 0 Å². The van der Waals surface area contributed by atoms with E-state index in [0.29, 0.717) is 0 Å². The highest BCUT2D eigenvalue weighted by molar-refractivity contribution is 7.89. The van der Waals surface area contributed by atoms with Crippen molar-refractivity contribution < 1.29 is 13.2 Å². The van der Waals surface area contributed by atoms with Gasteiger partial charge in [0.15, 0.2) is 0 Å². The van der Waals surface area contributed by atoms with E-state index in [1.807, 2.05) is 19.1 Å². The van der Waals surface area contributed by atoms with Crippen LogP contribution in [0.25, 0.3) is 0 Å². The second kappa shape index (κ2) is 8.99. The van der Waals surface area contributed by atoms with Crippen LogP contribution in [0, 0.1) is 5.92 Å². The van der Waals surface area contributed by atoms with E-state index < -0.39 is 15.9 Å². The number of aromatic nitrogens is 1. The zero-order valence-electron chi connectivity index (χ0n) is 17.3. The zero-order valence-corrected chi connectivity index (χ0v) is 18.8. The average molecular weight is 452 g/mol. The standard InChI is InChI=1S/C20H26ClN5O3S/c1-12(2)26(4)30(28,29)15-5-6-17(21)16(11-15)20(27)23-19-13(3)18(24-25-19)14-7-9-22-10-8-14/h5-13,18-19,24-25H,1-4H3,(H,23,27). The minimum absolute atomic E-state index is 0.0137. The van der Waals surface area contributed by atoms with Gasteiger partial charge in [0.25, 0.3) is 5.91 Å². The fourth-order valence-electron chi connectivity index (χ4n) is 3.26. The Morgan fingerprint density at radius 2 is 1.87 bits per heavy atom. The summed E-state index contributed by atoms with van der Waals surface area (Å²) < 4.78 is 26.8. The van der Waals surface area contributed by atoms with Crippen LogP contribution in [0.4, 0.5) is 0 Å². The lowest BCUT2D eigenvalue weighted by atomic mass is 9.95. The molecule has 0 radical (unpaired) electrons. The van der Waals surface area contributed by atoms with Gasteiger partial charge in [0.05, 0.1) is 27.7 Å². The molecule has 1 amide bonds. The molecule has 10 heteroatoms. The number of benzene rings is 1. The molecule has 1 aromatic heterocycles. The summed E-state index contributed by atoms with van der Waals surface area (Å²) in [5.41, 5.74) is 7.41. The molecule has 2 aromatic rings. The number of hydrogen-bond acceptors (Lipinski definition) is 6.